The van der Waals surface area contributed by atoms with Gasteiger partial charge in [0.05, 0.1) is 5.92 Å². The number of fused-ring (bicyclic) bond motifs is 1. The van der Waals surface area contributed by atoms with Gasteiger partial charge in [0.2, 0.25) is 0 Å². The molecule has 2 atom stereocenters. The summed E-state index contributed by atoms with van der Waals surface area (Å²) < 4.78 is 5.51. The quantitative estimate of drug-likeness (QED) is 0.756. The van der Waals surface area contributed by atoms with Gasteiger partial charge in [0.25, 0.3) is 0 Å². The molecule has 80 valence electrons. The lowest BCUT2D eigenvalue weighted by molar-refractivity contribution is -0.124. The molecule has 15 heavy (non-hydrogen) atoms. The van der Waals surface area contributed by atoms with Crippen molar-refractivity contribution in [2.75, 3.05) is 6.61 Å². The lowest BCUT2D eigenvalue weighted by Crippen LogP contribution is -2.20. The third-order valence-corrected chi connectivity index (χ3v) is 3.14. The Bertz CT molecular complexity index is 371. The summed E-state index contributed by atoms with van der Waals surface area (Å²) in [6.07, 6.45) is 0.900. The number of benzene rings is 1. The fraction of sp³-hybridized carbons (Fsp3) is 0.462. The van der Waals surface area contributed by atoms with E-state index in [4.69, 9.17) is 4.74 Å². The average Bonchev–Trinajstić information content (AvgIpc) is 2.70. The molecule has 0 spiro atoms. The first-order valence-corrected chi connectivity index (χ1v) is 5.49. The molecule has 1 heterocycles. The standard InChI is InChI=1S/C13H16O2/c1-3-9(2)13(14)11-8-15-12-7-5-4-6-10(11)12/h4-7,9,11H,3,8H2,1-2H3. The van der Waals surface area contributed by atoms with Crippen molar-refractivity contribution in [1.82, 2.24) is 0 Å². The second kappa shape index (κ2) is 4.05. The molecule has 1 aliphatic heterocycles. The first-order chi connectivity index (χ1) is 7.24. The highest BCUT2D eigenvalue weighted by Crippen LogP contribution is 2.35. The Labute approximate surface area is 90.3 Å². The molecule has 2 nitrogen and oxygen atoms in total. The molecular formula is C13H16O2. The molecule has 1 aromatic rings. The van der Waals surface area contributed by atoms with E-state index in [0.29, 0.717) is 12.4 Å². The van der Waals surface area contributed by atoms with Crippen molar-refractivity contribution < 1.29 is 9.53 Å². The predicted molar refractivity (Wildman–Crippen MR) is 59.1 cm³/mol. The van der Waals surface area contributed by atoms with Gasteiger partial charge in [0.15, 0.2) is 0 Å². The lowest BCUT2D eigenvalue weighted by atomic mass is 9.88. The molecule has 0 radical (unpaired) electrons. The van der Waals surface area contributed by atoms with E-state index in [-0.39, 0.29) is 11.8 Å². The summed E-state index contributed by atoms with van der Waals surface area (Å²) in [6, 6.07) is 7.83. The number of ether oxygens (including phenoxy) is 1. The summed E-state index contributed by atoms with van der Waals surface area (Å²) in [5.41, 5.74) is 1.06. The lowest BCUT2D eigenvalue weighted by Gasteiger charge is -2.12. The minimum atomic E-state index is -0.0452. The van der Waals surface area contributed by atoms with Crippen molar-refractivity contribution in [3.05, 3.63) is 29.8 Å². The summed E-state index contributed by atoms with van der Waals surface area (Å²) >= 11 is 0. The van der Waals surface area contributed by atoms with E-state index < -0.39 is 0 Å². The number of carbonyl (C=O) groups excluding carboxylic acids is 1. The fourth-order valence-electron chi connectivity index (χ4n) is 1.94. The van der Waals surface area contributed by atoms with Crippen LogP contribution in [0.2, 0.25) is 0 Å². The maximum atomic E-state index is 12.1. The first-order valence-electron chi connectivity index (χ1n) is 5.49. The van der Waals surface area contributed by atoms with Crippen molar-refractivity contribution in [3.63, 3.8) is 0 Å². The van der Waals surface area contributed by atoms with Gasteiger partial charge in [0.1, 0.15) is 18.1 Å². The van der Waals surface area contributed by atoms with Gasteiger partial charge in [-0.05, 0) is 12.5 Å². The van der Waals surface area contributed by atoms with E-state index in [1.54, 1.807) is 0 Å². The van der Waals surface area contributed by atoms with Gasteiger partial charge in [-0.1, -0.05) is 32.0 Å². The number of ketones is 1. The van der Waals surface area contributed by atoms with Gasteiger partial charge in [0, 0.05) is 11.5 Å². The van der Waals surface area contributed by atoms with E-state index in [0.717, 1.165) is 17.7 Å². The molecule has 2 heteroatoms. The van der Waals surface area contributed by atoms with Crippen molar-refractivity contribution in [3.8, 4) is 5.75 Å². The second-order valence-corrected chi connectivity index (χ2v) is 4.11. The third kappa shape index (κ3) is 1.76. The minimum Gasteiger partial charge on any atom is -0.492 e. The van der Waals surface area contributed by atoms with Gasteiger partial charge in [-0.3, -0.25) is 4.79 Å². The van der Waals surface area contributed by atoms with Crippen LogP contribution in [0.15, 0.2) is 24.3 Å². The first kappa shape index (κ1) is 10.2. The molecule has 2 unspecified atom stereocenters. The number of hydrogen-bond acceptors (Lipinski definition) is 2. The number of carbonyl (C=O) groups is 1. The maximum Gasteiger partial charge on any atom is 0.146 e. The minimum absolute atomic E-state index is 0.0452. The van der Waals surface area contributed by atoms with E-state index in [2.05, 4.69) is 0 Å². The van der Waals surface area contributed by atoms with E-state index in [1.807, 2.05) is 38.1 Å². The molecule has 0 N–H and O–H groups in total. The van der Waals surface area contributed by atoms with E-state index in [9.17, 15) is 4.79 Å². The van der Waals surface area contributed by atoms with E-state index >= 15 is 0 Å². The maximum absolute atomic E-state index is 12.1. The summed E-state index contributed by atoms with van der Waals surface area (Å²) in [6.45, 7) is 4.55. The van der Waals surface area contributed by atoms with Crippen LogP contribution >= 0.6 is 0 Å². The number of hydrogen-bond donors (Lipinski definition) is 0. The zero-order valence-corrected chi connectivity index (χ0v) is 9.19. The van der Waals surface area contributed by atoms with Crippen LogP contribution in [0, 0.1) is 5.92 Å². The van der Waals surface area contributed by atoms with Crippen LogP contribution in [0.25, 0.3) is 0 Å². The molecule has 1 aliphatic rings. The fourth-order valence-corrected chi connectivity index (χ4v) is 1.94. The summed E-state index contributed by atoms with van der Waals surface area (Å²) in [5, 5.41) is 0. The van der Waals surface area contributed by atoms with Crippen LogP contribution < -0.4 is 4.74 Å². The molecule has 1 aromatic carbocycles. The number of para-hydroxylation sites is 1. The molecule has 0 aromatic heterocycles. The molecule has 0 saturated carbocycles. The Morgan fingerprint density at radius 1 is 1.53 bits per heavy atom. The topological polar surface area (TPSA) is 26.3 Å². The molecule has 0 fully saturated rings. The Morgan fingerprint density at radius 2 is 2.27 bits per heavy atom. The number of Topliss-reactive ketones (excluding diaryl/α,β-unsaturated/α-hetero) is 1. The average molecular weight is 204 g/mol. The smallest absolute Gasteiger partial charge is 0.146 e. The van der Waals surface area contributed by atoms with Crippen LogP contribution in [0.4, 0.5) is 0 Å². The second-order valence-electron chi connectivity index (χ2n) is 4.11. The van der Waals surface area contributed by atoms with Crippen molar-refractivity contribution in [1.29, 1.82) is 0 Å². The van der Waals surface area contributed by atoms with Gasteiger partial charge in [-0.25, -0.2) is 0 Å². The van der Waals surface area contributed by atoms with Crippen LogP contribution in [0.3, 0.4) is 0 Å². The predicted octanol–water partition coefficient (Wildman–Crippen LogP) is 2.78. The summed E-state index contributed by atoms with van der Waals surface area (Å²) in [7, 11) is 0. The number of rotatable bonds is 3. The Morgan fingerprint density at radius 3 is 3.00 bits per heavy atom. The highest BCUT2D eigenvalue weighted by atomic mass is 16.5. The van der Waals surface area contributed by atoms with Gasteiger partial charge >= 0.3 is 0 Å². The highest BCUT2D eigenvalue weighted by Gasteiger charge is 2.31. The van der Waals surface area contributed by atoms with Crippen molar-refractivity contribution >= 4 is 5.78 Å². The third-order valence-electron chi connectivity index (χ3n) is 3.14. The summed E-state index contributed by atoms with van der Waals surface area (Å²) in [4.78, 5) is 12.1. The normalized spacial score (nSPS) is 20.5. The monoisotopic (exact) mass is 204 g/mol. The van der Waals surface area contributed by atoms with Gasteiger partial charge in [-0.15, -0.1) is 0 Å². The van der Waals surface area contributed by atoms with Gasteiger partial charge < -0.3 is 4.74 Å². The Balaban J connectivity index is 2.24. The largest absolute Gasteiger partial charge is 0.492 e. The van der Waals surface area contributed by atoms with Crippen LogP contribution in [-0.2, 0) is 4.79 Å². The molecule has 0 amide bonds. The molecule has 0 bridgehead atoms. The van der Waals surface area contributed by atoms with Gasteiger partial charge in [-0.2, -0.15) is 0 Å². The Hall–Kier alpha value is -1.31. The molecular weight excluding hydrogens is 188 g/mol. The zero-order valence-electron chi connectivity index (χ0n) is 9.19. The summed E-state index contributed by atoms with van der Waals surface area (Å²) in [5.74, 6) is 1.27. The van der Waals surface area contributed by atoms with Crippen molar-refractivity contribution in [2.24, 2.45) is 5.92 Å². The molecule has 0 aliphatic carbocycles. The van der Waals surface area contributed by atoms with Crippen LogP contribution in [0.5, 0.6) is 5.75 Å². The zero-order chi connectivity index (χ0) is 10.8. The molecule has 0 saturated heterocycles. The SMILES string of the molecule is CCC(C)C(=O)C1COc2ccccc21. The Kier molecular flexibility index (Phi) is 2.76. The van der Waals surface area contributed by atoms with Crippen molar-refractivity contribution in [2.45, 2.75) is 26.2 Å². The molecule has 2 rings (SSSR count). The van der Waals surface area contributed by atoms with Crippen LogP contribution in [0.1, 0.15) is 31.7 Å². The highest BCUT2D eigenvalue weighted by molar-refractivity contribution is 5.89. The van der Waals surface area contributed by atoms with E-state index in [1.165, 1.54) is 0 Å². The van der Waals surface area contributed by atoms with Crippen LogP contribution in [-0.4, -0.2) is 12.4 Å².